The third-order valence-corrected chi connectivity index (χ3v) is 5.33. The van der Waals surface area contributed by atoms with E-state index in [1.54, 1.807) is 22.7 Å². The lowest BCUT2D eigenvalue weighted by Gasteiger charge is -1.90. The van der Waals surface area contributed by atoms with Gasteiger partial charge in [0.2, 0.25) is 0 Å². The lowest BCUT2D eigenvalue weighted by Crippen LogP contribution is -1.99. The largest absolute Gasteiger partial charge is 0.330 e. The molecule has 1 aromatic carbocycles. The van der Waals surface area contributed by atoms with Crippen molar-refractivity contribution in [1.82, 2.24) is 9.97 Å². The van der Waals surface area contributed by atoms with Crippen LogP contribution in [0.3, 0.4) is 0 Å². The van der Waals surface area contributed by atoms with Gasteiger partial charge in [-0.25, -0.2) is 9.97 Å². The molecule has 3 aromatic rings. The molecule has 0 amide bonds. The second-order valence-electron chi connectivity index (χ2n) is 4.79. The zero-order chi connectivity index (χ0) is 13.9. The third-order valence-electron chi connectivity index (χ3n) is 3.18. The maximum Gasteiger partial charge on any atom is 0.0939 e. The van der Waals surface area contributed by atoms with Gasteiger partial charge in [-0.05, 0) is 38.1 Å². The number of rotatable bonds is 6. The van der Waals surface area contributed by atoms with E-state index in [0.717, 1.165) is 49.8 Å². The van der Waals surface area contributed by atoms with Crippen LogP contribution in [0.4, 0.5) is 0 Å². The van der Waals surface area contributed by atoms with Crippen molar-refractivity contribution in [3.63, 3.8) is 0 Å². The predicted molar refractivity (Wildman–Crippen MR) is 87.5 cm³/mol. The van der Waals surface area contributed by atoms with Crippen molar-refractivity contribution in [2.24, 2.45) is 11.5 Å². The highest BCUT2D eigenvalue weighted by Crippen LogP contribution is 2.31. The lowest BCUT2D eigenvalue weighted by molar-refractivity contribution is 0.828. The molecule has 0 saturated carbocycles. The molecule has 4 nitrogen and oxygen atoms in total. The average Bonchev–Trinajstić information content (AvgIpc) is 3.01. The molecular weight excluding hydrogens is 288 g/mol. The zero-order valence-electron chi connectivity index (χ0n) is 11.3. The molecule has 20 heavy (non-hydrogen) atoms. The normalized spacial score (nSPS) is 11.7. The number of hydrogen-bond donors (Lipinski definition) is 2. The Morgan fingerprint density at radius 1 is 0.800 bits per heavy atom. The molecule has 0 spiro atoms. The summed E-state index contributed by atoms with van der Waals surface area (Å²) in [7, 11) is 0. The summed E-state index contributed by atoms with van der Waals surface area (Å²) in [4.78, 5) is 9.39. The van der Waals surface area contributed by atoms with E-state index in [-0.39, 0.29) is 0 Å². The van der Waals surface area contributed by atoms with Crippen molar-refractivity contribution in [3.8, 4) is 0 Å². The number of aromatic nitrogens is 2. The van der Waals surface area contributed by atoms with Crippen molar-refractivity contribution in [2.45, 2.75) is 25.7 Å². The molecule has 0 unspecified atom stereocenters. The van der Waals surface area contributed by atoms with Gasteiger partial charge in [0.1, 0.15) is 0 Å². The fraction of sp³-hybridized carbons (Fsp3) is 0.429. The number of nitrogens with zero attached hydrogens (tertiary/aromatic N) is 2. The molecule has 106 valence electrons. The van der Waals surface area contributed by atoms with E-state index in [4.69, 9.17) is 21.4 Å². The van der Waals surface area contributed by atoms with Crippen LogP contribution in [-0.2, 0) is 12.8 Å². The molecule has 3 rings (SSSR count). The second kappa shape index (κ2) is 6.13. The van der Waals surface area contributed by atoms with E-state index in [2.05, 4.69) is 12.1 Å². The first kappa shape index (κ1) is 13.9. The summed E-state index contributed by atoms with van der Waals surface area (Å²) in [6.45, 7) is 1.44. The number of thiazole rings is 2. The van der Waals surface area contributed by atoms with Crippen LogP contribution in [0.25, 0.3) is 20.4 Å². The Morgan fingerprint density at radius 3 is 1.65 bits per heavy atom. The smallest absolute Gasteiger partial charge is 0.0939 e. The van der Waals surface area contributed by atoms with Crippen molar-refractivity contribution in [2.75, 3.05) is 13.1 Å². The summed E-state index contributed by atoms with van der Waals surface area (Å²) in [5.74, 6) is 0. The molecule has 4 N–H and O–H groups in total. The van der Waals surface area contributed by atoms with E-state index >= 15 is 0 Å². The number of nitrogens with two attached hydrogens (primary N) is 2. The highest BCUT2D eigenvalue weighted by Gasteiger charge is 2.09. The molecule has 0 aliphatic carbocycles. The molecular formula is C14H18N4S2. The SMILES string of the molecule is NCCCc1nc2cc3sc(CCCN)nc3cc2s1. The van der Waals surface area contributed by atoms with Gasteiger partial charge in [0.05, 0.1) is 30.4 Å². The topological polar surface area (TPSA) is 77.8 Å². The Balaban J connectivity index is 1.93. The Hall–Kier alpha value is -1.08. The molecule has 2 aromatic heterocycles. The minimum absolute atomic E-state index is 0.719. The van der Waals surface area contributed by atoms with Crippen molar-refractivity contribution < 1.29 is 0 Å². The van der Waals surface area contributed by atoms with Crippen LogP contribution in [0, 0.1) is 0 Å². The lowest BCUT2D eigenvalue weighted by atomic mass is 10.3. The van der Waals surface area contributed by atoms with Gasteiger partial charge < -0.3 is 11.5 Å². The van der Waals surface area contributed by atoms with Crippen LogP contribution in [0.5, 0.6) is 0 Å². The van der Waals surface area contributed by atoms with Gasteiger partial charge in [0.15, 0.2) is 0 Å². The predicted octanol–water partition coefficient (Wildman–Crippen LogP) is 2.69. The van der Waals surface area contributed by atoms with Crippen molar-refractivity contribution in [3.05, 3.63) is 22.1 Å². The second-order valence-corrected chi connectivity index (χ2v) is 7.02. The maximum atomic E-state index is 5.55. The Kier molecular flexibility index (Phi) is 4.26. The van der Waals surface area contributed by atoms with Crippen LogP contribution in [0.1, 0.15) is 22.9 Å². The molecule has 0 atom stereocenters. The molecule has 0 radical (unpaired) electrons. The maximum absolute atomic E-state index is 5.55. The quantitative estimate of drug-likeness (QED) is 0.734. The van der Waals surface area contributed by atoms with Gasteiger partial charge >= 0.3 is 0 Å². The monoisotopic (exact) mass is 306 g/mol. The summed E-state index contributed by atoms with van der Waals surface area (Å²) in [6, 6.07) is 4.33. The minimum atomic E-state index is 0.719. The van der Waals surface area contributed by atoms with E-state index in [0.29, 0.717) is 0 Å². The van der Waals surface area contributed by atoms with Crippen LogP contribution in [0.2, 0.25) is 0 Å². The van der Waals surface area contributed by atoms with Gasteiger partial charge in [-0.3, -0.25) is 0 Å². The fourth-order valence-corrected chi connectivity index (χ4v) is 4.21. The average molecular weight is 306 g/mol. The van der Waals surface area contributed by atoms with Crippen molar-refractivity contribution in [1.29, 1.82) is 0 Å². The highest BCUT2D eigenvalue weighted by atomic mass is 32.1. The van der Waals surface area contributed by atoms with E-state index in [9.17, 15) is 0 Å². The van der Waals surface area contributed by atoms with E-state index < -0.39 is 0 Å². The number of fused-ring (bicyclic) bond motifs is 2. The molecule has 0 aliphatic heterocycles. The zero-order valence-corrected chi connectivity index (χ0v) is 12.9. The standard InChI is InChI=1S/C14H18N4S2/c15-5-1-3-13-17-9-7-12-10(8-11(9)19-13)18-14(20-12)4-2-6-16/h7-8H,1-6,15-16H2. The first-order chi connectivity index (χ1) is 9.80. The summed E-state index contributed by atoms with van der Waals surface area (Å²) in [6.07, 6.45) is 3.93. The summed E-state index contributed by atoms with van der Waals surface area (Å²) in [5, 5.41) is 2.35. The van der Waals surface area contributed by atoms with Crippen molar-refractivity contribution >= 4 is 43.1 Å². The molecule has 0 bridgehead atoms. The van der Waals surface area contributed by atoms with Crippen LogP contribution in [0.15, 0.2) is 12.1 Å². The minimum Gasteiger partial charge on any atom is -0.330 e. The molecule has 0 fully saturated rings. The number of benzene rings is 1. The molecule has 0 saturated heterocycles. The van der Waals surface area contributed by atoms with Gasteiger partial charge in [0.25, 0.3) is 0 Å². The first-order valence-corrected chi connectivity index (χ1v) is 8.52. The molecule has 0 aliphatic rings. The van der Waals surface area contributed by atoms with E-state index in [1.165, 1.54) is 19.4 Å². The fourth-order valence-electron chi connectivity index (χ4n) is 2.17. The Bertz CT molecular complexity index is 608. The molecule has 2 heterocycles. The third kappa shape index (κ3) is 2.83. The van der Waals surface area contributed by atoms with Gasteiger partial charge in [-0.1, -0.05) is 0 Å². The van der Waals surface area contributed by atoms with Crippen LogP contribution in [-0.4, -0.2) is 23.1 Å². The van der Waals surface area contributed by atoms with Crippen LogP contribution >= 0.6 is 22.7 Å². The van der Waals surface area contributed by atoms with Gasteiger partial charge in [0, 0.05) is 12.8 Å². The van der Waals surface area contributed by atoms with E-state index in [1.807, 2.05) is 0 Å². The van der Waals surface area contributed by atoms with Crippen LogP contribution < -0.4 is 11.5 Å². The highest BCUT2D eigenvalue weighted by molar-refractivity contribution is 7.20. The summed E-state index contributed by atoms with van der Waals surface area (Å²) in [5.41, 5.74) is 13.3. The first-order valence-electron chi connectivity index (χ1n) is 6.89. The van der Waals surface area contributed by atoms with Gasteiger partial charge in [-0.2, -0.15) is 0 Å². The number of hydrogen-bond acceptors (Lipinski definition) is 6. The summed E-state index contributed by atoms with van der Waals surface area (Å²) >= 11 is 3.51. The number of aryl methyl sites for hydroxylation is 2. The Labute approximate surface area is 125 Å². The molecule has 6 heteroatoms. The summed E-state index contributed by atoms with van der Waals surface area (Å²) < 4.78 is 2.44. The Morgan fingerprint density at radius 2 is 1.25 bits per heavy atom. The van der Waals surface area contributed by atoms with Gasteiger partial charge in [-0.15, -0.1) is 22.7 Å².